The number of hydrogen-bond donors (Lipinski definition) is 0. The van der Waals surface area contributed by atoms with Crippen LogP contribution in [0.15, 0.2) is 18.3 Å². The topological polar surface area (TPSA) is 48.9 Å². The molecule has 2 aliphatic heterocycles. The Kier molecular flexibility index (Phi) is 5.70. The largest absolute Gasteiger partial charge is 0.444 e. The quantitative estimate of drug-likeness (QED) is 0.810. The third-order valence-electron chi connectivity index (χ3n) is 5.18. The molecular weight excluding hydrogens is 328 g/mol. The van der Waals surface area contributed by atoms with Gasteiger partial charge < -0.3 is 14.5 Å². The van der Waals surface area contributed by atoms with Crippen LogP contribution in [0.5, 0.6) is 0 Å². The van der Waals surface area contributed by atoms with E-state index in [1.807, 2.05) is 33.0 Å². The summed E-state index contributed by atoms with van der Waals surface area (Å²) in [6.45, 7) is 9.79. The molecule has 1 aromatic rings. The van der Waals surface area contributed by atoms with Crippen molar-refractivity contribution in [1.82, 2.24) is 14.8 Å². The second-order valence-corrected chi connectivity index (χ2v) is 8.36. The zero-order valence-electron chi connectivity index (χ0n) is 16.6. The van der Waals surface area contributed by atoms with Crippen LogP contribution < -0.4 is 4.90 Å². The first-order valence-electron chi connectivity index (χ1n) is 9.73. The first kappa shape index (κ1) is 19.0. The standard InChI is InChI=1S/C20H32N4O2/c1-20(2,3)26-19(25)24-14-12-23(13-15-24)18-16(8-7-10-21-18)17-9-5-6-11-22(17)4/h7-8,10,17H,5-6,9,11-15H2,1-4H3/t17-/m1/s1. The van der Waals surface area contributed by atoms with Crippen LogP contribution in [0.25, 0.3) is 0 Å². The number of nitrogens with zero attached hydrogens (tertiary/aromatic N) is 4. The number of rotatable bonds is 2. The van der Waals surface area contributed by atoms with Gasteiger partial charge in [0.05, 0.1) is 0 Å². The van der Waals surface area contributed by atoms with Crippen LogP contribution in [0, 0.1) is 0 Å². The van der Waals surface area contributed by atoms with Gasteiger partial charge in [-0.05, 0) is 53.3 Å². The van der Waals surface area contributed by atoms with Gasteiger partial charge in [-0.3, -0.25) is 4.90 Å². The number of pyridine rings is 1. The number of amides is 1. The number of ether oxygens (including phenoxy) is 1. The molecule has 1 amide bonds. The minimum absolute atomic E-state index is 0.217. The Bertz CT molecular complexity index is 620. The lowest BCUT2D eigenvalue weighted by Crippen LogP contribution is -2.50. The van der Waals surface area contributed by atoms with Gasteiger partial charge in [0.2, 0.25) is 0 Å². The first-order chi connectivity index (χ1) is 12.3. The fraction of sp³-hybridized carbons (Fsp3) is 0.700. The Labute approximate surface area is 157 Å². The molecule has 0 radical (unpaired) electrons. The summed E-state index contributed by atoms with van der Waals surface area (Å²) in [4.78, 5) is 23.5. The molecule has 0 saturated carbocycles. The Morgan fingerprint density at radius 1 is 1.15 bits per heavy atom. The molecule has 6 nitrogen and oxygen atoms in total. The van der Waals surface area contributed by atoms with Crippen LogP contribution in [0.3, 0.4) is 0 Å². The highest BCUT2D eigenvalue weighted by molar-refractivity contribution is 5.68. The summed E-state index contributed by atoms with van der Waals surface area (Å²) in [5.41, 5.74) is 0.869. The third kappa shape index (κ3) is 4.47. The smallest absolute Gasteiger partial charge is 0.410 e. The normalized spacial score (nSPS) is 22.4. The van der Waals surface area contributed by atoms with Crippen molar-refractivity contribution in [2.24, 2.45) is 0 Å². The van der Waals surface area contributed by atoms with E-state index in [9.17, 15) is 4.79 Å². The van der Waals surface area contributed by atoms with Crippen molar-refractivity contribution in [1.29, 1.82) is 0 Å². The molecule has 1 atom stereocenters. The van der Waals surface area contributed by atoms with E-state index < -0.39 is 5.60 Å². The molecule has 3 rings (SSSR count). The van der Waals surface area contributed by atoms with Crippen LogP contribution in [0.2, 0.25) is 0 Å². The van der Waals surface area contributed by atoms with E-state index in [0.717, 1.165) is 25.5 Å². The van der Waals surface area contributed by atoms with E-state index in [1.165, 1.54) is 24.8 Å². The Balaban J connectivity index is 1.67. The van der Waals surface area contributed by atoms with Crippen molar-refractivity contribution in [2.45, 2.75) is 51.7 Å². The second kappa shape index (κ2) is 7.82. The lowest BCUT2D eigenvalue weighted by Gasteiger charge is -2.39. The molecule has 0 aliphatic carbocycles. The number of anilines is 1. The number of carbonyl (C=O) groups is 1. The SMILES string of the molecule is CN1CCCC[C@@H]1c1cccnc1N1CCN(C(=O)OC(C)(C)C)CC1. The van der Waals surface area contributed by atoms with Crippen LogP contribution in [-0.4, -0.2) is 66.2 Å². The van der Waals surface area contributed by atoms with Gasteiger partial charge in [0.15, 0.2) is 0 Å². The van der Waals surface area contributed by atoms with Crippen LogP contribution in [0.1, 0.15) is 51.6 Å². The monoisotopic (exact) mass is 360 g/mol. The van der Waals surface area contributed by atoms with Crippen LogP contribution in [-0.2, 0) is 4.74 Å². The summed E-state index contributed by atoms with van der Waals surface area (Å²) in [5, 5.41) is 0. The second-order valence-electron chi connectivity index (χ2n) is 8.36. The third-order valence-corrected chi connectivity index (χ3v) is 5.18. The zero-order chi connectivity index (χ0) is 18.7. The molecule has 2 aliphatic rings. The zero-order valence-corrected chi connectivity index (χ0v) is 16.6. The average Bonchev–Trinajstić information content (AvgIpc) is 2.61. The van der Waals surface area contributed by atoms with Crippen molar-refractivity contribution < 1.29 is 9.53 Å². The van der Waals surface area contributed by atoms with Gasteiger partial charge in [-0.25, -0.2) is 9.78 Å². The number of carbonyl (C=O) groups excluding carboxylic acids is 1. The van der Waals surface area contributed by atoms with Crippen LogP contribution in [0.4, 0.5) is 10.6 Å². The van der Waals surface area contributed by atoms with Crippen molar-refractivity contribution in [2.75, 3.05) is 44.7 Å². The van der Waals surface area contributed by atoms with E-state index in [1.54, 1.807) is 4.90 Å². The lowest BCUT2D eigenvalue weighted by molar-refractivity contribution is 0.0240. The van der Waals surface area contributed by atoms with Crippen molar-refractivity contribution in [3.63, 3.8) is 0 Å². The predicted molar refractivity (Wildman–Crippen MR) is 103 cm³/mol. The average molecular weight is 361 g/mol. The molecule has 26 heavy (non-hydrogen) atoms. The van der Waals surface area contributed by atoms with Gasteiger partial charge in [-0.2, -0.15) is 0 Å². The molecule has 0 aromatic carbocycles. The molecule has 0 bridgehead atoms. The van der Waals surface area contributed by atoms with E-state index in [2.05, 4.69) is 22.9 Å². The van der Waals surface area contributed by atoms with Gasteiger partial charge >= 0.3 is 6.09 Å². The molecule has 0 N–H and O–H groups in total. The summed E-state index contributed by atoms with van der Waals surface area (Å²) < 4.78 is 5.50. The molecule has 2 saturated heterocycles. The Morgan fingerprint density at radius 3 is 2.54 bits per heavy atom. The van der Waals surface area contributed by atoms with E-state index in [4.69, 9.17) is 9.72 Å². The van der Waals surface area contributed by atoms with Gasteiger partial charge in [0.25, 0.3) is 0 Å². The molecule has 0 spiro atoms. The number of aromatic nitrogens is 1. The fourth-order valence-electron chi connectivity index (χ4n) is 3.83. The molecule has 3 heterocycles. The summed E-state index contributed by atoms with van der Waals surface area (Å²) in [5.74, 6) is 1.08. The molecule has 1 aromatic heterocycles. The molecule has 6 heteroatoms. The van der Waals surface area contributed by atoms with Crippen molar-refractivity contribution >= 4 is 11.9 Å². The lowest BCUT2D eigenvalue weighted by atomic mass is 9.96. The minimum atomic E-state index is -0.450. The van der Waals surface area contributed by atoms with E-state index in [-0.39, 0.29) is 6.09 Å². The minimum Gasteiger partial charge on any atom is -0.444 e. The maximum Gasteiger partial charge on any atom is 0.410 e. The highest BCUT2D eigenvalue weighted by atomic mass is 16.6. The summed E-state index contributed by atoms with van der Waals surface area (Å²) >= 11 is 0. The molecule has 2 fully saturated rings. The maximum absolute atomic E-state index is 12.3. The molecule has 144 valence electrons. The van der Waals surface area contributed by atoms with Crippen molar-refractivity contribution in [3.8, 4) is 0 Å². The van der Waals surface area contributed by atoms with Gasteiger partial charge in [-0.15, -0.1) is 0 Å². The molecule has 0 unspecified atom stereocenters. The number of piperidine rings is 1. The van der Waals surface area contributed by atoms with E-state index >= 15 is 0 Å². The fourth-order valence-corrected chi connectivity index (χ4v) is 3.83. The highest BCUT2D eigenvalue weighted by Crippen LogP contribution is 2.34. The first-order valence-corrected chi connectivity index (χ1v) is 9.73. The highest BCUT2D eigenvalue weighted by Gasteiger charge is 2.29. The number of hydrogen-bond acceptors (Lipinski definition) is 5. The maximum atomic E-state index is 12.3. The van der Waals surface area contributed by atoms with Crippen molar-refractivity contribution in [3.05, 3.63) is 23.9 Å². The summed E-state index contributed by atoms with van der Waals surface area (Å²) in [6, 6.07) is 4.70. The predicted octanol–water partition coefficient (Wildman–Crippen LogP) is 3.30. The summed E-state index contributed by atoms with van der Waals surface area (Å²) in [6.07, 6.45) is 5.40. The van der Waals surface area contributed by atoms with Gasteiger partial charge in [0.1, 0.15) is 11.4 Å². The van der Waals surface area contributed by atoms with E-state index in [0.29, 0.717) is 19.1 Å². The Hall–Kier alpha value is -1.82. The van der Waals surface area contributed by atoms with Gasteiger partial charge in [0, 0.05) is 44.0 Å². The number of likely N-dealkylation sites (tertiary alicyclic amines) is 1. The van der Waals surface area contributed by atoms with Crippen LogP contribution >= 0.6 is 0 Å². The number of piperazine rings is 1. The van der Waals surface area contributed by atoms with Gasteiger partial charge in [-0.1, -0.05) is 12.5 Å². The Morgan fingerprint density at radius 2 is 1.88 bits per heavy atom. The molecular formula is C20H32N4O2. The summed E-state index contributed by atoms with van der Waals surface area (Å²) in [7, 11) is 2.21.